The lowest BCUT2D eigenvalue weighted by molar-refractivity contribution is -0.126. The fourth-order valence-corrected chi connectivity index (χ4v) is 3.69. The minimum absolute atomic E-state index is 0.0188. The van der Waals surface area contributed by atoms with Crippen LogP contribution in [0.15, 0.2) is 54.7 Å². The van der Waals surface area contributed by atoms with Crippen molar-refractivity contribution in [2.24, 2.45) is 0 Å². The summed E-state index contributed by atoms with van der Waals surface area (Å²) in [6.07, 6.45) is 4.96. The Labute approximate surface area is 160 Å². The molecule has 1 amide bonds. The number of fused-ring (bicyclic) bond motifs is 1. The van der Waals surface area contributed by atoms with Gasteiger partial charge >= 0.3 is 0 Å². The van der Waals surface area contributed by atoms with E-state index >= 15 is 0 Å². The number of likely N-dealkylation sites (N-methyl/N-ethyl adjacent to an activating group) is 1. The highest BCUT2D eigenvalue weighted by Gasteiger charge is 2.20. The number of pyridine rings is 1. The Kier molecular flexibility index (Phi) is 5.37. The number of benzene rings is 1. The maximum atomic E-state index is 12.5. The lowest BCUT2D eigenvalue weighted by atomic mass is 10.2. The second kappa shape index (κ2) is 7.69. The molecule has 0 aliphatic carbocycles. The number of carbonyl (C=O) groups excluding carboxylic acids is 1. The maximum Gasteiger partial charge on any atom is 0.246 e. The lowest BCUT2D eigenvalue weighted by Crippen LogP contribution is -2.31. The number of aromatic amines is 1. The first kappa shape index (κ1) is 17.5. The van der Waals surface area contributed by atoms with Crippen molar-refractivity contribution in [1.29, 1.82) is 0 Å². The highest BCUT2D eigenvalue weighted by Crippen LogP contribution is 2.25. The maximum absolute atomic E-state index is 12.5. The van der Waals surface area contributed by atoms with Gasteiger partial charge < -0.3 is 15.6 Å². The van der Waals surface area contributed by atoms with Gasteiger partial charge in [-0.15, -0.1) is 0 Å². The molecule has 5 nitrogen and oxygen atoms in total. The second-order valence-corrected chi connectivity index (χ2v) is 6.66. The van der Waals surface area contributed by atoms with Crippen LogP contribution in [0.2, 0.25) is 0 Å². The zero-order chi connectivity index (χ0) is 17.8. The minimum atomic E-state index is -0.0582. The van der Waals surface area contributed by atoms with Gasteiger partial charge in [0, 0.05) is 35.0 Å². The molecule has 3 aromatic rings. The van der Waals surface area contributed by atoms with Gasteiger partial charge in [0.15, 0.2) is 0 Å². The number of aromatic nitrogens is 2. The molecule has 0 fully saturated rings. The summed E-state index contributed by atoms with van der Waals surface area (Å²) >= 11 is 2.31. The Bertz CT molecular complexity index is 868. The van der Waals surface area contributed by atoms with Crippen LogP contribution in [0.5, 0.6) is 0 Å². The van der Waals surface area contributed by atoms with E-state index in [2.05, 4.69) is 44.7 Å². The molecule has 0 aliphatic heterocycles. The van der Waals surface area contributed by atoms with E-state index in [1.807, 2.05) is 31.3 Å². The number of halogens is 1. The monoisotopic (exact) mass is 446 g/mol. The zero-order valence-electron chi connectivity index (χ0n) is 13.8. The van der Waals surface area contributed by atoms with Crippen molar-refractivity contribution in [3.8, 4) is 0 Å². The summed E-state index contributed by atoms with van der Waals surface area (Å²) in [6, 6.07) is 13.8. The third-order valence-corrected chi connectivity index (χ3v) is 4.93. The number of H-pyrrole nitrogens is 1. The molecule has 0 spiro atoms. The summed E-state index contributed by atoms with van der Waals surface area (Å²) in [4.78, 5) is 21.7. The van der Waals surface area contributed by atoms with Gasteiger partial charge in [-0.3, -0.25) is 4.79 Å². The summed E-state index contributed by atoms with van der Waals surface area (Å²) < 4.78 is 0.796. The van der Waals surface area contributed by atoms with Crippen molar-refractivity contribution in [3.05, 3.63) is 66.0 Å². The van der Waals surface area contributed by atoms with Gasteiger partial charge in [-0.1, -0.05) is 40.8 Å². The number of anilines is 1. The lowest BCUT2D eigenvalue weighted by Gasteiger charge is -2.24. The van der Waals surface area contributed by atoms with Crippen LogP contribution in [0, 0.1) is 0 Å². The number of rotatable bonds is 5. The standard InChI is InChI=1S/C19H19IN4O/c1-24(19(25)9-7-13-6-8-18(21)22-12-13)17(11-20)16-10-14-4-2-3-5-15(14)23-16/h2-10,12,17,23H,11H2,1H3,(H2,21,22)/b9-7+. The van der Waals surface area contributed by atoms with Crippen LogP contribution >= 0.6 is 22.6 Å². The number of nitrogens with two attached hydrogens (primary N) is 1. The van der Waals surface area contributed by atoms with Crippen LogP contribution in [-0.4, -0.2) is 32.3 Å². The van der Waals surface area contributed by atoms with Gasteiger partial charge in [0.1, 0.15) is 5.82 Å². The first-order chi connectivity index (χ1) is 12.1. The van der Waals surface area contributed by atoms with Crippen molar-refractivity contribution in [1.82, 2.24) is 14.9 Å². The summed E-state index contributed by atoms with van der Waals surface area (Å²) in [5.41, 5.74) is 8.53. The van der Waals surface area contributed by atoms with Crippen molar-refractivity contribution >= 4 is 51.3 Å². The largest absolute Gasteiger partial charge is 0.384 e. The smallest absolute Gasteiger partial charge is 0.246 e. The molecule has 1 unspecified atom stereocenters. The summed E-state index contributed by atoms with van der Waals surface area (Å²) in [7, 11) is 1.82. The number of nitrogens with zero attached hydrogens (tertiary/aromatic N) is 2. The summed E-state index contributed by atoms with van der Waals surface area (Å²) in [5, 5.41) is 1.15. The molecule has 0 bridgehead atoms. The predicted octanol–water partition coefficient (Wildman–Crippen LogP) is 3.79. The van der Waals surface area contributed by atoms with E-state index in [1.165, 1.54) is 0 Å². The summed E-state index contributed by atoms with van der Waals surface area (Å²) in [5.74, 6) is 0.404. The normalized spacial score (nSPS) is 12.6. The van der Waals surface area contributed by atoms with E-state index < -0.39 is 0 Å². The van der Waals surface area contributed by atoms with Crippen LogP contribution in [0.3, 0.4) is 0 Å². The highest BCUT2D eigenvalue weighted by atomic mass is 127. The molecule has 6 heteroatoms. The molecule has 2 aromatic heterocycles. The Morgan fingerprint density at radius 3 is 2.84 bits per heavy atom. The Morgan fingerprint density at radius 2 is 2.16 bits per heavy atom. The average Bonchev–Trinajstić information content (AvgIpc) is 3.05. The number of carbonyl (C=O) groups is 1. The van der Waals surface area contributed by atoms with E-state index in [4.69, 9.17) is 5.73 Å². The zero-order valence-corrected chi connectivity index (χ0v) is 16.0. The van der Waals surface area contributed by atoms with E-state index in [-0.39, 0.29) is 11.9 Å². The van der Waals surface area contributed by atoms with Gasteiger partial charge in [0.05, 0.1) is 6.04 Å². The van der Waals surface area contributed by atoms with Crippen molar-refractivity contribution in [2.75, 3.05) is 17.2 Å². The molecule has 3 N–H and O–H groups in total. The van der Waals surface area contributed by atoms with Gasteiger partial charge in [-0.25, -0.2) is 4.98 Å². The number of nitrogens with one attached hydrogen (secondary N) is 1. The number of hydrogen-bond acceptors (Lipinski definition) is 3. The molecule has 0 radical (unpaired) electrons. The van der Waals surface area contributed by atoms with Crippen molar-refractivity contribution < 1.29 is 4.79 Å². The van der Waals surface area contributed by atoms with Crippen LogP contribution < -0.4 is 5.73 Å². The SMILES string of the molecule is CN(C(=O)/C=C/c1ccc(N)nc1)C(CI)c1cc2ccccc2[nH]1. The number of amides is 1. The van der Waals surface area contributed by atoms with Gasteiger partial charge in [-0.05, 0) is 41.3 Å². The number of hydrogen-bond donors (Lipinski definition) is 2. The van der Waals surface area contributed by atoms with Gasteiger partial charge in [-0.2, -0.15) is 0 Å². The molecule has 0 saturated carbocycles. The topological polar surface area (TPSA) is 75.0 Å². The summed E-state index contributed by atoms with van der Waals surface area (Å²) in [6.45, 7) is 0. The fraction of sp³-hybridized carbons (Fsp3) is 0.158. The molecule has 1 atom stereocenters. The second-order valence-electron chi connectivity index (χ2n) is 5.78. The van der Waals surface area contributed by atoms with E-state index in [0.717, 1.165) is 26.6 Å². The first-order valence-corrected chi connectivity index (χ1v) is 9.41. The molecular weight excluding hydrogens is 427 g/mol. The molecule has 3 rings (SSSR count). The number of para-hydroxylation sites is 1. The van der Waals surface area contributed by atoms with E-state index in [1.54, 1.807) is 29.3 Å². The van der Waals surface area contributed by atoms with Crippen LogP contribution in [0.4, 0.5) is 5.82 Å². The number of alkyl halides is 1. The van der Waals surface area contributed by atoms with Crippen molar-refractivity contribution in [3.63, 3.8) is 0 Å². The Balaban J connectivity index is 1.77. The molecule has 0 saturated heterocycles. The third kappa shape index (κ3) is 4.01. The van der Waals surface area contributed by atoms with E-state index in [9.17, 15) is 4.79 Å². The van der Waals surface area contributed by atoms with E-state index in [0.29, 0.717) is 5.82 Å². The molecule has 2 heterocycles. The molecular formula is C19H19IN4O. The predicted molar refractivity (Wildman–Crippen MR) is 110 cm³/mol. The quantitative estimate of drug-likeness (QED) is 0.356. The van der Waals surface area contributed by atoms with Gasteiger partial charge in [0.25, 0.3) is 0 Å². The molecule has 25 heavy (non-hydrogen) atoms. The fourth-order valence-electron chi connectivity index (χ4n) is 2.62. The first-order valence-electron chi connectivity index (χ1n) is 7.88. The highest BCUT2D eigenvalue weighted by molar-refractivity contribution is 14.1. The number of nitrogen functional groups attached to an aromatic ring is 1. The molecule has 0 aliphatic rings. The molecule has 128 valence electrons. The average molecular weight is 446 g/mol. The minimum Gasteiger partial charge on any atom is -0.384 e. The van der Waals surface area contributed by atoms with Crippen LogP contribution in [0.1, 0.15) is 17.3 Å². The molecule has 1 aromatic carbocycles. The Hall–Kier alpha value is -2.35. The van der Waals surface area contributed by atoms with Crippen LogP contribution in [0.25, 0.3) is 17.0 Å². The Morgan fingerprint density at radius 1 is 1.36 bits per heavy atom. The van der Waals surface area contributed by atoms with Crippen LogP contribution in [-0.2, 0) is 4.79 Å². The van der Waals surface area contributed by atoms with Gasteiger partial charge in [0.2, 0.25) is 5.91 Å². The van der Waals surface area contributed by atoms with Crippen molar-refractivity contribution in [2.45, 2.75) is 6.04 Å². The third-order valence-electron chi connectivity index (χ3n) is 4.10.